The van der Waals surface area contributed by atoms with Gasteiger partial charge in [0, 0.05) is 44.9 Å². The van der Waals surface area contributed by atoms with Gasteiger partial charge in [0.15, 0.2) is 11.2 Å². The molecular weight excluding hydrogens is 399 g/mol. The largest absolute Gasteiger partial charge is 0.458 e. The highest BCUT2D eigenvalue weighted by Gasteiger charge is 2.24. The Morgan fingerprint density at radius 2 is 1.90 bits per heavy atom. The Kier molecular flexibility index (Phi) is 5.21. The summed E-state index contributed by atoms with van der Waals surface area (Å²) in [4.78, 5) is 24.8. The molecular formula is C22H24FN6O2+. The zero-order valence-electron chi connectivity index (χ0n) is 17.3. The van der Waals surface area contributed by atoms with Crippen LogP contribution in [0.2, 0.25) is 0 Å². The number of ether oxygens (including phenoxy) is 1. The molecule has 31 heavy (non-hydrogen) atoms. The maximum Gasteiger partial charge on any atom is 0.458 e. The third kappa shape index (κ3) is 3.82. The van der Waals surface area contributed by atoms with Gasteiger partial charge in [-0.15, -0.1) is 4.52 Å². The predicted molar refractivity (Wildman–Crippen MR) is 113 cm³/mol. The van der Waals surface area contributed by atoms with Crippen molar-refractivity contribution in [2.24, 2.45) is 0 Å². The van der Waals surface area contributed by atoms with Crippen molar-refractivity contribution in [1.29, 1.82) is 0 Å². The van der Waals surface area contributed by atoms with E-state index >= 15 is 0 Å². The second-order valence-electron chi connectivity index (χ2n) is 7.79. The van der Waals surface area contributed by atoms with E-state index in [-0.39, 0.29) is 11.4 Å². The molecule has 1 aliphatic rings. The number of hydrogen-bond acceptors (Lipinski definition) is 5. The molecule has 4 heterocycles. The van der Waals surface area contributed by atoms with E-state index in [1.807, 2.05) is 13.0 Å². The van der Waals surface area contributed by atoms with Crippen LogP contribution in [0, 0.1) is 12.7 Å². The van der Waals surface area contributed by atoms with E-state index < -0.39 is 0 Å². The standard InChI is InChI=1S/C22H23FN6O2/c1-15-24-22-25-18-7-10-28(9-2-8-27-11-13-31-14-12-27)21(30)19(18)20(29(22)26-15)16-3-5-17(23)6-4-16/h3-7,10H,2,8-9,11-14H2,1H3/p+1. The van der Waals surface area contributed by atoms with Crippen LogP contribution in [-0.4, -0.2) is 57.4 Å². The lowest BCUT2D eigenvalue weighted by molar-refractivity contribution is -0.567. The van der Waals surface area contributed by atoms with Gasteiger partial charge in [-0.3, -0.25) is 9.69 Å². The van der Waals surface area contributed by atoms with E-state index in [1.165, 1.54) is 12.1 Å². The predicted octanol–water partition coefficient (Wildman–Crippen LogP) is 1.70. The van der Waals surface area contributed by atoms with Crippen LogP contribution in [0.15, 0.2) is 41.3 Å². The van der Waals surface area contributed by atoms with Crippen LogP contribution >= 0.6 is 0 Å². The smallest absolute Gasteiger partial charge is 0.379 e. The molecule has 0 aliphatic carbocycles. The molecule has 1 aromatic carbocycles. The van der Waals surface area contributed by atoms with Crippen LogP contribution in [-0.2, 0) is 11.3 Å². The van der Waals surface area contributed by atoms with Crippen molar-refractivity contribution in [2.45, 2.75) is 19.9 Å². The summed E-state index contributed by atoms with van der Waals surface area (Å²) in [6.07, 6.45) is 2.66. The fourth-order valence-corrected chi connectivity index (χ4v) is 4.11. The summed E-state index contributed by atoms with van der Waals surface area (Å²) in [5.41, 5.74) is 1.80. The Balaban J connectivity index is 1.58. The number of aromatic amines is 1. The lowest BCUT2D eigenvalue weighted by Crippen LogP contribution is -2.37. The van der Waals surface area contributed by atoms with Gasteiger partial charge in [-0.05, 0) is 36.8 Å². The second-order valence-corrected chi connectivity index (χ2v) is 7.79. The summed E-state index contributed by atoms with van der Waals surface area (Å²) < 4.78 is 22.4. The molecule has 5 rings (SSSR count). The number of nitrogens with zero attached hydrogens (tertiary/aromatic N) is 5. The Bertz CT molecular complexity index is 1290. The zero-order valence-corrected chi connectivity index (χ0v) is 17.3. The first-order valence-electron chi connectivity index (χ1n) is 10.5. The maximum atomic E-state index is 13.6. The molecule has 0 amide bonds. The summed E-state index contributed by atoms with van der Waals surface area (Å²) in [6, 6.07) is 7.97. The molecule has 1 fully saturated rings. The van der Waals surface area contributed by atoms with Crippen LogP contribution < -0.4 is 10.1 Å². The number of H-pyrrole nitrogens is 1. The molecule has 0 spiro atoms. The monoisotopic (exact) mass is 423 g/mol. The number of aryl methyl sites for hydroxylation is 2. The normalized spacial score (nSPS) is 15.2. The Morgan fingerprint density at radius 1 is 1.13 bits per heavy atom. The lowest BCUT2D eigenvalue weighted by atomic mass is 10.1. The maximum absolute atomic E-state index is 13.6. The van der Waals surface area contributed by atoms with Gasteiger partial charge in [0.05, 0.1) is 13.2 Å². The fourth-order valence-electron chi connectivity index (χ4n) is 4.11. The first-order chi connectivity index (χ1) is 15.1. The first-order valence-corrected chi connectivity index (χ1v) is 10.5. The van der Waals surface area contributed by atoms with Crippen molar-refractivity contribution >= 4 is 16.7 Å². The molecule has 1 saturated heterocycles. The number of halogens is 1. The minimum absolute atomic E-state index is 0.118. The molecule has 4 aromatic rings. The second kappa shape index (κ2) is 8.16. The number of rotatable bonds is 5. The van der Waals surface area contributed by atoms with Crippen LogP contribution in [0.3, 0.4) is 0 Å². The third-order valence-electron chi connectivity index (χ3n) is 5.66. The summed E-state index contributed by atoms with van der Waals surface area (Å²) in [6.45, 7) is 6.75. The van der Waals surface area contributed by atoms with E-state index in [9.17, 15) is 9.18 Å². The molecule has 9 heteroatoms. The van der Waals surface area contributed by atoms with Crippen molar-refractivity contribution in [3.05, 3.63) is 58.5 Å². The van der Waals surface area contributed by atoms with Gasteiger partial charge >= 0.3 is 5.78 Å². The van der Waals surface area contributed by atoms with Crippen molar-refractivity contribution in [2.75, 3.05) is 32.8 Å². The Hall–Kier alpha value is -3.17. The van der Waals surface area contributed by atoms with Crippen LogP contribution in [0.25, 0.3) is 27.9 Å². The molecule has 0 radical (unpaired) electrons. The van der Waals surface area contributed by atoms with Crippen LogP contribution in [0.4, 0.5) is 4.39 Å². The number of pyridine rings is 1. The average molecular weight is 423 g/mol. The number of benzene rings is 1. The molecule has 0 atom stereocenters. The Labute approximate surface area is 177 Å². The number of aromatic nitrogens is 5. The van der Waals surface area contributed by atoms with E-state index in [0.717, 1.165) is 44.8 Å². The lowest BCUT2D eigenvalue weighted by Gasteiger charge is -2.26. The van der Waals surface area contributed by atoms with Gasteiger partial charge in [0.25, 0.3) is 5.56 Å². The highest BCUT2D eigenvalue weighted by molar-refractivity contribution is 5.90. The molecule has 1 aliphatic heterocycles. The van der Waals surface area contributed by atoms with Gasteiger partial charge in [-0.2, -0.15) is 0 Å². The van der Waals surface area contributed by atoms with E-state index in [2.05, 4.69) is 20.0 Å². The zero-order chi connectivity index (χ0) is 21.4. The molecule has 160 valence electrons. The Morgan fingerprint density at radius 3 is 2.68 bits per heavy atom. The van der Waals surface area contributed by atoms with Gasteiger partial charge in [0.2, 0.25) is 5.82 Å². The minimum Gasteiger partial charge on any atom is -0.379 e. The van der Waals surface area contributed by atoms with Crippen LogP contribution in [0.5, 0.6) is 0 Å². The van der Waals surface area contributed by atoms with E-state index in [0.29, 0.717) is 34.7 Å². The average Bonchev–Trinajstić information content (AvgIpc) is 3.15. The number of hydrogen-bond donors (Lipinski definition) is 1. The van der Waals surface area contributed by atoms with Gasteiger partial charge in [-0.1, -0.05) is 9.97 Å². The first kappa shape index (κ1) is 19.8. The van der Waals surface area contributed by atoms with Crippen molar-refractivity contribution in [1.82, 2.24) is 24.5 Å². The van der Waals surface area contributed by atoms with Gasteiger partial charge < -0.3 is 9.30 Å². The molecule has 3 aromatic heterocycles. The quantitative estimate of drug-likeness (QED) is 0.494. The van der Waals surface area contributed by atoms with Crippen molar-refractivity contribution in [3.63, 3.8) is 0 Å². The third-order valence-corrected chi connectivity index (χ3v) is 5.66. The SMILES string of the molecule is Cc1nc2nc3ccn(CCCN4CCOCC4)c(=O)c3c(-c3ccc(F)cc3)[n+]2[nH]1. The number of morpholine rings is 1. The molecule has 0 unspecified atom stereocenters. The van der Waals surface area contributed by atoms with Gasteiger partial charge in [0.1, 0.15) is 11.2 Å². The highest BCUT2D eigenvalue weighted by atomic mass is 19.1. The molecule has 8 nitrogen and oxygen atoms in total. The topological polar surface area (TPSA) is 80.1 Å². The summed E-state index contributed by atoms with van der Waals surface area (Å²) in [5, 5.41) is 3.64. The number of fused-ring (bicyclic) bond motifs is 2. The molecule has 0 bridgehead atoms. The van der Waals surface area contributed by atoms with Crippen molar-refractivity contribution in [3.8, 4) is 11.3 Å². The molecule has 0 saturated carbocycles. The summed E-state index contributed by atoms with van der Waals surface area (Å²) in [7, 11) is 0. The van der Waals surface area contributed by atoms with Crippen LogP contribution in [0.1, 0.15) is 12.2 Å². The van der Waals surface area contributed by atoms with E-state index in [4.69, 9.17) is 4.74 Å². The summed E-state index contributed by atoms with van der Waals surface area (Å²) >= 11 is 0. The van der Waals surface area contributed by atoms with Crippen molar-refractivity contribution < 1.29 is 13.6 Å². The number of nitrogens with one attached hydrogen (secondary N) is 1. The van der Waals surface area contributed by atoms with E-state index in [1.54, 1.807) is 27.4 Å². The minimum atomic E-state index is -0.329. The molecule has 1 N–H and O–H groups in total. The summed E-state index contributed by atoms with van der Waals surface area (Å²) in [5.74, 6) is 0.815. The fraction of sp³-hybridized carbons (Fsp3) is 0.364. The van der Waals surface area contributed by atoms with Gasteiger partial charge in [-0.25, -0.2) is 9.49 Å². The highest BCUT2D eigenvalue weighted by Crippen LogP contribution is 2.23.